The highest BCUT2D eigenvalue weighted by Gasteiger charge is 2.45. The maximum atomic E-state index is 15.1. The number of alkyl halides is 1. The number of nitrogens with zero attached hydrogens (tertiary/aromatic N) is 3. The maximum absolute atomic E-state index is 15.1. The molecule has 29 heavy (non-hydrogen) atoms. The predicted octanol–water partition coefficient (Wildman–Crippen LogP) is 4.42. The number of pyridine rings is 1. The Hall–Kier alpha value is -2.86. The first-order chi connectivity index (χ1) is 14.0. The fourth-order valence-corrected chi connectivity index (χ4v) is 4.68. The average molecular weight is 390 g/mol. The van der Waals surface area contributed by atoms with Gasteiger partial charge in [0.2, 0.25) is 0 Å². The van der Waals surface area contributed by atoms with Crippen LogP contribution in [-0.4, -0.2) is 37.8 Å². The lowest BCUT2D eigenvalue weighted by Gasteiger charge is -2.47. The molecule has 0 radical (unpaired) electrons. The van der Waals surface area contributed by atoms with Gasteiger partial charge in [0.05, 0.1) is 29.3 Å². The number of rotatable bonds is 2. The molecule has 1 aromatic carbocycles. The van der Waals surface area contributed by atoms with Gasteiger partial charge in [-0.15, -0.1) is 0 Å². The molecule has 5 rings (SSSR count). The Morgan fingerprint density at radius 3 is 2.93 bits per heavy atom. The van der Waals surface area contributed by atoms with Gasteiger partial charge in [0.15, 0.2) is 0 Å². The molecule has 0 amide bonds. The minimum absolute atomic E-state index is 0.133. The van der Waals surface area contributed by atoms with Crippen molar-refractivity contribution in [2.75, 3.05) is 0 Å². The first-order valence-corrected chi connectivity index (χ1v) is 10.0. The summed E-state index contributed by atoms with van der Waals surface area (Å²) in [5.41, 5.74) is 2.14. The highest BCUT2D eigenvalue weighted by Crippen LogP contribution is 2.39. The second-order valence-electron chi connectivity index (χ2n) is 8.36. The molecule has 2 saturated heterocycles. The van der Waals surface area contributed by atoms with Gasteiger partial charge < -0.3 is 10.4 Å². The molecule has 148 valence electrons. The van der Waals surface area contributed by atoms with Crippen molar-refractivity contribution >= 4 is 16.8 Å². The standard InChI is InChI=1S/C23H23FN4O/c1-23-5-2-3-17(28-23)7-15(22(23)24)8-18-12-27-20(13-26-18)19-9-14-4-6-25-11-16(14)10-21(19)29/h4,6,8-13,17,22,28-29H,2-3,5,7H2,1H3/b15-8+/t17-,22+,23+/m1/s1. The normalized spacial score (nSPS) is 28.0. The smallest absolute Gasteiger partial charge is 0.139 e. The van der Waals surface area contributed by atoms with Crippen LogP contribution in [0.5, 0.6) is 5.75 Å². The van der Waals surface area contributed by atoms with Crippen LogP contribution in [0.25, 0.3) is 28.1 Å². The average Bonchev–Trinajstić information content (AvgIpc) is 2.72. The summed E-state index contributed by atoms with van der Waals surface area (Å²) in [7, 11) is 0. The number of nitrogens with one attached hydrogen (secondary N) is 1. The molecule has 4 heterocycles. The lowest BCUT2D eigenvalue weighted by Crippen LogP contribution is -2.61. The van der Waals surface area contributed by atoms with Crippen LogP contribution in [0.3, 0.4) is 0 Å². The Morgan fingerprint density at radius 2 is 2.10 bits per heavy atom. The topological polar surface area (TPSA) is 70.9 Å². The van der Waals surface area contributed by atoms with Crippen LogP contribution in [-0.2, 0) is 0 Å². The fourth-order valence-electron chi connectivity index (χ4n) is 4.68. The molecule has 6 heteroatoms. The van der Waals surface area contributed by atoms with E-state index >= 15 is 4.39 Å². The summed E-state index contributed by atoms with van der Waals surface area (Å²) in [4.78, 5) is 13.0. The molecular formula is C23H23FN4O. The number of aromatic nitrogens is 3. The van der Waals surface area contributed by atoms with Crippen molar-refractivity contribution in [1.29, 1.82) is 0 Å². The van der Waals surface area contributed by atoms with Crippen LogP contribution >= 0.6 is 0 Å². The number of halogens is 1. The summed E-state index contributed by atoms with van der Waals surface area (Å²) >= 11 is 0. The van der Waals surface area contributed by atoms with E-state index in [1.807, 2.05) is 25.1 Å². The fraction of sp³-hybridized carbons (Fsp3) is 0.348. The zero-order valence-electron chi connectivity index (χ0n) is 16.3. The minimum Gasteiger partial charge on any atom is -0.507 e. The molecule has 2 aliphatic heterocycles. The lowest BCUT2D eigenvalue weighted by atomic mass is 9.74. The van der Waals surface area contributed by atoms with Crippen molar-refractivity contribution in [1.82, 2.24) is 20.3 Å². The van der Waals surface area contributed by atoms with Gasteiger partial charge in [-0.1, -0.05) is 0 Å². The largest absolute Gasteiger partial charge is 0.507 e. The van der Waals surface area contributed by atoms with Gasteiger partial charge in [-0.3, -0.25) is 15.0 Å². The third-order valence-corrected chi connectivity index (χ3v) is 6.19. The van der Waals surface area contributed by atoms with Crippen molar-refractivity contribution in [3.05, 3.63) is 54.3 Å². The molecule has 0 spiro atoms. The Balaban J connectivity index is 1.45. The van der Waals surface area contributed by atoms with Gasteiger partial charge in [0.1, 0.15) is 11.9 Å². The monoisotopic (exact) mass is 390 g/mol. The van der Waals surface area contributed by atoms with E-state index in [4.69, 9.17) is 0 Å². The number of piperidine rings is 2. The molecule has 3 atom stereocenters. The van der Waals surface area contributed by atoms with Crippen LogP contribution in [0.4, 0.5) is 4.39 Å². The molecule has 0 saturated carbocycles. The van der Waals surface area contributed by atoms with Gasteiger partial charge >= 0.3 is 0 Å². The zero-order valence-corrected chi connectivity index (χ0v) is 16.3. The van der Waals surface area contributed by atoms with Crippen LogP contribution in [0.1, 0.15) is 38.3 Å². The van der Waals surface area contributed by atoms with E-state index in [1.54, 1.807) is 30.9 Å². The van der Waals surface area contributed by atoms with Crippen LogP contribution in [0.2, 0.25) is 0 Å². The van der Waals surface area contributed by atoms with Crippen molar-refractivity contribution < 1.29 is 9.50 Å². The zero-order chi connectivity index (χ0) is 20.0. The van der Waals surface area contributed by atoms with Crippen LogP contribution in [0, 0.1) is 0 Å². The minimum atomic E-state index is -1.02. The Morgan fingerprint density at radius 1 is 1.21 bits per heavy atom. The van der Waals surface area contributed by atoms with Crippen molar-refractivity contribution in [2.24, 2.45) is 0 Å². The number of phenols is 1. The molecule has 2 N–H and O–H groups in total. The van der Waals surface area contributed by atoms with Gasteiger partial charge in [-0.25, -0.2) is 4.39 Å². The number of fused-ring (bicyclic) bond motifs is 3. The highest BCUT2D eigenvalue weighted by atomic mass is 19.1. The predicted molar refractivity (Wildman–Crippen MR) is 111 cm³/mol. The quantitative estimate of drug-likeness (QED) is 0.678. The SMILES string of the molecule is C[C@]12CCC[C@H](C/C(=C\c3cnc(-c4cc5ccncc5cc4O)cn3)[C@@H]1F)N2. The second-order valence-corrected chi connectivity index (χ2v) is 8.36. The first-order valence-electron chi connectivity index (χ1n) is 10.0. The van der Waals surface area contributed by atoms with E-state index in [-0.39, 0.29) is 5.75 Å². The summed E-state index contributed by atoms with van der Waals surface area (Å²) in [5.74, 6) is 0.133. The van der Waals surface area contributed by atoms with E-state index in [1.165, 1.54) is 0 Å². The molecule has 0 unspecified atom stereocenters. The second kappa shape index (κ2) is 6.88. The molecule has 2 fully saturated rings. The van der Waals surface area contributed by atoms with Gasteiger partial charge in [0.25, 0.3) is 0 Å². The number of benzene rings is 1. The number of hydrogen-bond donors (Lipinski definition) is 2. The molecule has 2 aliphatic rings. The summed E-state index contributed by atoms with van der Waals surface area (Å²) in [6.45, 7) is 1.98. The third-order valence-electron chi connectivity index (χ3n) is 6.19. The maximum Gasteiger partial charge on any atom is 0.139 e. The molecular weight excluding hydrogens is 367 g/mol. The first kappa shape index (κ1) is 18.2. The van der Waals surface area contributed by atoms with E-state index in [0.717, 1.165) is 35.6 Å². The van der Waals surface area contributed by atoms with Gasteiger partial charge in [-0.05, 0) is 67.8 Å². The summed E-state index contributed by atoms with van der Waals surface area (Å²) in [5, 5.41) is 15.7. The Kier molecular flexibility index (Phi) is 4.32. The van der Waals surface area contributed by atoms with Gasteiger partial charge in [-0.2, -0.15) is 0 Å². The molecule has 0 aliphatic carbocycles. The van der Waals surface area contributed by atoms with Crippen molar-refractivity contribution in [2.45, 2.75) is 50.4 Å². The number of hydrogen-bond acceptors (Lipinski definition) is 5. The van der Waals surface area contributed by atoms with Crippen molar-refractivity contribution in [3.8, 4) is 17.0 Å². The molecule has 3 aromatic rings. The van der Waals surface area contributed by atoms with Gasteiger partial charge in [0, 0.05) is 29.4 Å². The Labute approximate surface area is 168 Å². The Bertz CT molecular complexity index is 1100. The van der Waals surface area contributed by atoms with Crippen LogP contribution < -0.4 is 5.32 Å². The summed E-state index contributed by atoms with van der Waals surface area (Å²) in [6, 6.07) is 5.78. The summed E-state index contributed by atoms with van der Waals surface area (Å²) < 4.78 is 15.1. The molecule has 5 nitrogen and oxygen atoms in total. The molecule has 2 bridgehead atoms. The van der Waals surface area contributed by atoms with E-state index in [0.29, 0.717) is 29.4 Å². The third kappa shape index (κ3) is 3.27. The van der Waals surface area contributed by atoms with Crippen LogP contribution in [0.15, 0.2) is 48.6 Å². The highest BCUT2D eigenvalue weighted by molar-refractivity contribution is 5.89. The number of aromatic hydroxyl groups is 1. The van der Waals surface area contributed by atoms with E-state index in [9.17, 15) is 5.11 Å². The van der Waals surface area contributed by atoms with Crippen molar-refractivity contribution in [3.63, 3.8) is 0 Å². The number of phenolic OH excluding ortho intramolecular Hbond substituents is 1. The molecule has 2 aromatic heterocycles. The lowest BCUT2D eigenvalue weighted by molar-refractivity contribution is 0.0993. The summed E-state index contributed by atoms with van der Waals surface area (Å²) in [6.07, 6.45) is 11.2. The van der Waals surface area contributed by atoms with E-state index in [2.05, 4.69) is 20.3 Å². The van der Waals surface area contributed by atoms with E-state index < -0.39 is 11.7 Å².